The van der Waals surface area contributed by atoms with E-state index in [0.717, 1.165) is 61.2 Å². The molecule has 11 rings (SSSR count). The van der Waals surface area contributed by atoms with Crippen LogP contribution >= 0.6 is 0 Å². The Bertz CT molecular complexity index is 3660. The van der Waals surface area contributed by atoms with E-state index in [1.807, 2.05) is 48.6 Å². The van der Waals surface area contributed by atoms with Gasteiger partial charge in [-0.2, -0.15) is 0 Å². The van der Waals surface area contributed by atoms with E-state index in [1.54, 1.807) is 6.08 Å². The highest BCUT2D eigenvalue weighted by Gasteiger charge is 2.28. The summed E-state index contributed by atoms with van der Waals surface area (Å²) in [6, 6.07) is 66.8. The van der Waals surface area contributed by atoms with Crippen molar-refractivity contribution in [2.24, 2.45) is 0 Å². The van der Waals surface area contributed by atoms with Gasteiger partial charge in [0.25, 0.3) is 0 Å². The molecule has 0 bridgehead atoms. The number of allylic oxidation sites excluding steroid dienone is 4. The van der Waals surface area contributed by atoms with Crippen LogP contribution in [-0.2, 0) is 5.41 Å². The minimum Gasteiger partial charge on any atom is -0.452 e. The summed E-state index contributed by atoms with van der Waals surface area (Å²) in [5.74, 6) is 0.640. The first kappa shape index (κ1) is 40.4. The molecule has 0 atom stereocenters. The first-order valence-corrected chi connectivity index (χ1v) is 22.5. The molecule has 11 aromatic rings. The second kappa shape index (κ2) is 16.7. The van der Waals surface area contributed by atoms with Crippen LogP contribution in [0.25, 0.3) is 112 Å². The van der Waals surface area contributed by atoms with E-state index in [1.165, 1.54) is 44.1 Å². The van der Waals surface area contributed by atoms with Crippen LogP contribution in [0.4, 0.5) is 0 Å². The van der Waals surface area contributed by atoms with Gasteiger partial charge in [-0.25, -0.2) is 9.97 Å². The summed E-state index contributed by atoms with van der Waals surface area (Å²) < 4.78 is 9.25. The molecular weight excluding hydrogens is 803 g/mol. The summed E-state index contributed by atoms with van der Waals surface area (Å²) in [6.07, 6.45) is 10.1. The number of nitrogens with zero attached hydrogens (tertiary/aromatic N) is 3. The number of hydrogen-bond acceptors (Lipinski definition) is 3. The van der Waals surface area contributed by atoms with Crippen molar-refractivity contribution in [3.8, 4) is 61.7 Å². The van der Waals surface area contributed by atoms with Gasteiger partial charge in [0, 0.05) is 32.8 Å². The molecule has 0 aliphatic carbocycles. The van der Waals surface area contributed by atoms with E-state index in [4.69, 9.17) is 14.4 Å². The van der Waals surface area contributed by atoms with Crippen LogP contribution in [0.1, 0.15) is 31.9 Å². The number of aromatic nitrogens is 3. The monoisotopic (exact) mass is 849 g/mol. The molecule has 0 saturated carbocycles. The smallest absolute Gasteiger partial charge is 0.180 e. The van der Waals surface area contributed by atoms with Gasteiger partial charge < -0.3 is 8.98 Å². The van der Waals surface area contributed by atoms with E-state index in [0.29, 0.717) is 11.4 Å². The molecule has 0 radical (unpaired) electrons. The average Bonchev–Trinajstić information content (AvgIpc) is 3.90. The molecule has 3 heterocycles. The van der Waals surface area contributed by atoms with Gasteiger partial charge in [-0.15, -0.1) is 0 Å². The van der Waals surface area contributed by atoms with Gasteiger partial charge in [0.1, 0.15) is 16.8 Å². The maximum atomic E-state index is 6.72. The zero-order valence-corrected chi connectivity index (χ0v) is 37.2. The number of fused-ring (bicyclic) bond motifs is 6. The lowest BCUT2D eigenvalue weighted by molar-refractivity contribution is 0.594. The summed E-state index contributed by atoms with van der Waals surface area (Å²) in [5.41, 5.74) is 17.1. The maximum Gasteiger partial charge on any atom is 0.180 e. The van der Waals surface area contributed by atoms with Crippen LogP contribution in [0.3, 0.4) is 0 Å². The molecule has 0 saturated heterocycles. The fourth-order valence-electron chi connectivity index (χ4n) is 9.37. The van der Waals surface area contributed by atoms with Crippen molar-refractivity contribution in [3.63, 3.8) is 0 Å². The molecule has 4 heteroatoms. The first-order chi connectivity index (χ1) is 32.3. The molecule has 0 aliphatic heterocycles. The maximum absolute atomic E-state index is 6.72. The highest BCUT2D eigenvalue weighted by molar-refractivity contribution is 6.14. The van der Waals surface area contributed by atoms with E-state index < -0.39 is 0 Å². The number of para-hydroxylation sites is 1. The number of benzene rings is 8. The third-order valence-electron chi connectivity index (χ3n) is 12.5. The minimum atomic E-state index is -0.228. The molecule has 0 N–H and O–H groups in total. The Kier molecular flexibility index (Phi) is 10.2. The van der Waals surface area contributed by atoms with Gasteiger partial charge in [0.2, 0.25) is 0 Å². The topological polar surface area (TPSA) is 43.9 Å². The largest absolute Gasteiger partial charge is 0.452 e. The molecule has 0 aliphatic rings. The van der Waals surface area contributed by atoms with E-state index in [9.17, 15) is 0 Å². The van der Waals surface area contributed by atoms with Crippen molar-refractivity contribution < 1.29 is 4.42 Å². The Labute approximate surface area is 385 Å². The van der Waals surface area contributed by atoms with Gasteiger partial charge in [0.05, 0.1) is 16.7 Å². The Morgan fingerprint density at radius 1 is 0.515 bits per heavy atom. The lowest BCUT2D eigenvalue weighted by Gasteiger charge is -2.25. The van der Waals surface area contributed by atoms with Crippen LogP contribution in [0, 0.1) is 0 Å². The lowest BCUT2D eigenvalue weighted by atomic mass is 9.83. The number of hydrogen-bond donors (Lipinski definition) is 0. The Balaban J connectivity index is 1.30. The second-order valence-electron chi connectivity index (χ2n) is 17.8. The van der Waals surface area contributed by atoms with Crippen LogP contribution < -0.4 is 0 Å². The molecule has 66 heavy (non-hydrogen) atoms. The van der Waals surface area contributed by atoms with Gasteiger partial charge in [0.15, 0.2) is 11.4 Å². The predicted octanol–water partition coefficient (Wildman–Crippen LogP) is 16.9. The zero-order valence-electron chi connectivity index (χ0n) is 37.2. The fourth-order valence-corrected chi connectivity index (χ4v) is 9.37. The Morgan fingerprint density at radius 3 is 1.82 bits per heavy atom. The van der Waals surface area contributed by atoms with Crippen LogP contribution in [0.2, 0.25) is 0 Å². The Morgan fingerprint density at radius 2 is 1.14 bits per heavy atom. The number of furan rings is 1. The van der Waals surface area contributed by atoms with Crippen molar-refractivity contribution in [3.05, 3.63) is 230 Å². The van der Waals surface area contributed by atoms with Gasteiger partial charge >= 0.3 is 0 Å². The van der Waals surface area contributed by atoms with Gasteiger partial charge in [-0.1, -0.05) is 197 Å². The van der Waals surface area contributed by atoms with Crippen molar-refractivity contribution in [2.45, 2.75) is 26.2 Å². The SMILES string of the molecule is C=C/C=C\C=C\c1cc(-c2nc(-c3ccccc3)nc3c2oc2ccccc23)cc(-c2ccccc2)c1-n1c2ccc(-c3ccccc3)cc2c2cc(-c3ccccc3)cc(C(C)(C)C)c21. The first-order valence-electron chi connectivity index (χ1n) is 22.5. The standard InChI is InChI=1S/C62H47N3O/c1-5-6-7-12-31-46-36-48(56-60-57(49-32-21-22-33-55(49)66-60)64-61(63-56)44-29-19-11-20-30-44)39-50(43-27-17-10-18-28-43)58(46)65-54-35-34-45(41-23-13-8-14-24-41)37-51(54)52-38-47(42-25-15-9-16-26-42)40-53(59(52)65)62(2,3)4/h5-40H,1H2,2-4H3/b7-6-,31-12+. The predicted molar refractivity (Wildman–Crippen MR) is 278 cm³/mol. The summed E-state index contributed by atoms with van der Waals surface area (Å²) in [7, 11) is 0. The highest BCUT2D eigenvalue weighted by Crippen LogP contribution is 2.47. The van der Waals surface area contributed by atoms with Crippen molar-refractivity contribution in [2.75, 3.05) is 0 Å². The number of rotatable bonds is 9. The van der Waals surface area contributed by atoms with Gasteiger partial charge in [-0.05, 0) is 92.9 Å². The van der Waals surface area contributed by atoms with E-state index in [2.05, 4.69) is 196 Å². The molecular formula is C62H47N3O. The van der Waals surface area contributed by atoms with Crippen molar-refractivity contribution in [1.29, 1.82) is 0 Å². The molecule has 316 valence electrons. The fraction of sp³-hybridized carbons (Fsp3) is 0.0645. The molecule has 3 aromatic heterocycles. The molecule has 0 fully saturated rings. The molecule has 0 spiro atoms. The minimum absolute atomic E-state index is 0.228. The third-order valence-corrected chi connectivity index (χ3v) is 12.5. The Hall–Kier alpha value is -8.34. The third kappa shape index (κ3) is 7.23. The molecule has 0 amide bonds. The summed E-state index contributed by atoms with van der Waals surface area (Å²) >= 11 is 0. The van der Waals surface area contributed by atoms with Crippen LogP contribution in [-0.4, -0.2) is 14.5 Å². The van der Waals surface area contributed by atoms with Crippen LogP contribution in [0.5, 0.6) is 0 Å². The molecule has 0 unspecified atom stereocenters. The van der Waals surface area contributed by atoms with Crippen molar-refractivity contribution >= 4 is 50.0 Å². The molecule has 4 nitrogen and oxygen atoms in total. The zero-order chi connectivity index (χ0) is 44.8. The van der Waals surface area contributed by atoms with Crippen LogP contribution in [0.15, 0.2) is 223 Å². The van der Waals surface area contributed by atoms with E-state index >= 15 is 0 Å². The summed E-state index contributed by atoms with van der Waals surface area (Å²) in [6.45, 7) is 10.9. The quantitative estimate of drug-likeness (QED) is 0.136. The summed E-state index contributed by atoms with van der Waals surface area (Å²) in [4.78, 5) is 10.5. The van der Waals surface area contributed by atoms with Gasteiger partial charge in [-0.3, -0.25) is 0 Å². The normalized spacial score (nSPS) is 12.1. The highest BCUT2D eigenvalue weighted by atomic mass is 16.3. The second-order valence-corrected chi connectivity index (χ2v) is 17.8. The molecule has 8 aromatic carbocycles. The van der Waals surface area contributed by atoms with Crippen molar-refractivity contribution in [1.82, 2.24) is 14.5 Å². The van der Waals surface area contributed by atoms with E-state index in [-0.39, 0.29) is 5.41 Å². The lowest BCUT2D eigenvalue weighted by Crippen LogP contribution is -2.14. The average molecular weight is 850 g/mol. The summed E-state index contributed by atoms with van der Waals surface area (Å²) in [5, 5.41) is 3.34.